The van der Waals surface area contributed by atoms with Crippen molar-refractivity contribution in [3.8, 4) is 16.5 Å². The lowest BCUT2D eigenvalue weighted by atomic mass is 10.1. The van der Waals surface area contributed by atoms with Crippen molar-refractivity contribution in [3.05, 3.63) is 84.5 Å². The molecule has 2 atom stereocenters. The molecule has 0 spiro atoms. The molecule has 0 saturated carbocycles. The van der Waals surface area contributed by atoms with Gasteiger partial charge in [-0.05, 0) is 36.4 Å². The Morgan fingerprint density at radius 1 is 1.19 bits per heavy atom. The van der Waals surface area contributed by atoms with Gasteiger partial charge in [-0.1, -0.05) is 18.2 Å². The number of nitrogens with one attached hydrogen (secondary N) is 2. The Bertz CT molecular complexity index is 1650. The van der Waals surface area contributed by atoms with Gasteiger partial charge in [0.15, 0.2) is 12.3 Å². The van der Waals surface area contributed by atoms with Crippen molar-refractivity contribution >= 4 is 39.1 Å². The van der Waals surface area contributed by atoms with Crippen molar-refractivity contribution in [2.75, 3.05) is 32.2 Å². The molecule has 1 aliphatic rings. The smallest absolute Gasteiger partial charge is 0.236 e. The van der Waals surface area contributed by atoms with Crippen molar-refractivity contribution in [1.29, 1.82) is 0 Å². The summed E-state index contributed by atoms with van der Waals surface area (Å²) in [5.41, 5.74) is 2.71. The zero-order valence-corrected chi connectivity index (χ0v) is 24.9. The number of alkyl halides is 1. The molecule has 3 heterocycles. The number of anilines is 1. The zero-order chi connectivity index (χ0) is 30.3. The third-order valence-corrected chi connectivity index (χ3v) is 8.10. The number of ether oxygens (including phenoxy) is 2. The predicted octanol–water partition coefficient (Wildman–Crippen LogP) is 4.14. The van der Waals surface area contributed by atoms with Gasteiger partial charge in [0.2, 0.25) is 11.8 Å². The van der Waals surface area contributed by atoms with Crippen molar-refractivity contribution in [1.82, 2.24) is 25.2 Å². The molecule has 224 valence electrons. The summed E-state index contributed by atoms with van der Waals surface area (Å²) in [5.74, 6) is 0.403. The third kappa shape index (κ3) is 7.16. The lowest BCUT2D eigenvalue weighted by molar-refractivity contribution is -0.127. The van der Waals surface area contributed by atoms with Crippen LogP contribution in [0.3, 0.4) is 0 Å². The largest absolute Gasteiger partial charge is 0.481 e. The Labute approximate surface area is 252 Å². The second-order valence-electron chi connectivity index (χ2n) is 9.96. The summed E-state index contributed by atoms with van der Waals surface area (Å²) < 4.78 is 29.2. The van der Waals surface area contributed by atoms with Crippen molar-refractivity contribution in [2.45, 2.75) is 25.2 Å². The molecule has 2 unspecified atom stereocenters. The molecular weight excluding hydrogens is 571 g/mol. The van der Waals surface area contributed by atoms with E-state index in [-0.39, 0.29) is 18.0 Å². The molecule has 43 heavy (non-hydrogen) atoms. The van der Waals surface area contributed by atoms with E-state index in [1.165, 1.54) is 22.3 Å². The van der Waals surface area contributed by atoms with Crippen LogP contribution < -0.4 is 20.3 Å². The monoisotopic (exact) mass is 604 g/mol. The molecule has 1 aromatic carbocycles. The van der Waals surface area contributed by atoms with E-state index in [2.05, 4.69) is 20.6 Å². The molecule has 0 aliphatic heterocycles. The summed E-state index contributed by atoms with van der Waals surface area (Å²) >= 11 is 1.48. The van der Waals surface area contributed by atoms with Crippen molar-refractivity contribution < 1.29 is 23.5 Å². The van der Waals surface area contributed by atoms with E-state index < -0.39 is 18.2 Å². The van der Waals surface area contributed by atoms with Gasteiger partial charge >= 0.3 is 0 Å². The number of nitrogens with zero attached hydrogens (tertiary/aromatic N) is 4. The molecule has 5 rings (SSSR count). The van der Waals surface area contributed by atoms with Crippen LogP contribution in [-0.4, -0.2) is 65.9 Å². The highest BCUT2D eigenvalue weighted by atomic mass is 32.1. The fourth-order valence-corrected chi connectivity index (χ4v) is 5.67. The van der Waals surface area contributed by atoms with Crippen LogP contribution in [0.5, 0.6) is 5.75 Å². The number of imidazole rings is 1. The number of benzene rings is 1. The maximum Gasteiger partial charge on any atom is 0.236 e. The Kier molecular flexibility index (Phi) is 9.60. The van der Waals surface area contributed by atoms with Gasteiger partial charge in [-0.25, -0.2) is 9.37 Å². The van der Waals surface area contributed by atoms with E-state index in [9.17, 15) is 9.59 Å². The molecule has 4 aromatic rings. The van der Waals surface area contributed by atoms with Crippen LogP contribution in [-0.2, 0) is 27.9 Å². The average Bonchev–Trinajstić information content (AvgIpc) is 3.60. The highest BCUT2D eigenvalue weighted by Crippen LogP contribution is 2.38. The first-order valence-electron chi connectivity index (χ1n) is 13.8. The molecular formula is C31H33FN6O4S. The second kappa shape index (κ2) is 13.7. The summed E-state index contributed by atoms with van der Waals surface area (Å²) in [6.45, 7) is 2.03. The minimum absolute atomic E-state index is 0.271. The van der Waals surface area contributed by atoms with E-state index >= 15 is 4.39 Å². The minimum atomic E-state index is -1.52. The molecule has 10 nitrogen and oxygen atoms in total. The number of hydrogen-bond acceptors (Lipinski definition) is 8. The molecule has 0 saturated heterocycles. The topological polar surface area (TPSA) is 111 Å². The van der Waals surface area contributed by atoms with Crippen LogP contribution in [0, 0.1) is 0 Å². The van der Waals surface area contributed by atoms with E-state index in [1.54, 1.807) is 50.7 Å². The fraction of sp³-hybridized carbons (Fsp3) is 0.290. The second-order valence-corrected chi connectivity index (χ2v) is 11.0. The SMILES string of the molecule is COCCNCc1cnc(-c2cc3nccc(OC4C=CC(NC(=O)CC(=O)N(C)c5ccccc5)=CC4F)c3s2)n1C. The number of aromatic nitrogens is 3. The molecule has 3 aromatic heterocycles. The van der Waals surface area contributed by atoms with Crippen LogP contribution in [0.2, 0.25) is 0 Å². The molecule has 2 amide bonds. The number of carbonyl (C=O) groups is 2. The number of allylic oxidation sites excluding steroid dienone is 1. The van der Waals surface area contributed by atoms with E-state index in [0.29, 0.717) is 24.6 Å². The van der Waals surface area contributed by atoms with Crippen LogP contribution in [0.25, 0.3) is 20.9 Å². The number of pyridine rings is 1. The minimum Gasteiger partial charge on any atom is -0.481 e. The quantitative estimate of drug-likeness (QED) is 0.185. The number of para-hydroxylation sites is 1. The first kappa shape index (κ1) is 30.1. The van der Waals surface area contributed by atoms with Gasteiger partial charge < -0.3 is 29.6 Å². The zero-order valence-electron chi connectivity index (χ0n) is 24.1. The number of fused-ring (bicyclic) bond motifs is 1. The van der Waals surface area contributed by atoms with E-state index in [0.717, 1.165) is 33.2 Å². The van der Waals surface area contributed by atoms with Gasteiger partial charge in [0.1, 0.15) is 18.0 Å². The Balaban J connectivity index is 1.21. The summed E-state index contributed by atoms with van der Waals surface area (Å²) in [5, 5.41) is 5.94. The van der Waals surface area contributed by atoms with Crippen LogP contribution in [0.4, 0.5) is 10.1 Å². The summed E-state index contributed by atoms with van der Waals surface area (Å²) in [6, 6.07) is 12.7. The van der Waals surface area contributed by atoms with Gasteiger partial charge in [-0.15, -0.1) is 11.3 Å². The number of hydrogen-bond donors (Lipinski definition) is 2. The number of carbonyl (C=O) groups excluding carboxylic acids is 2. The standard InChI is InChI=1S/C31H33FN6O4S/c1-37(21-7-5-4-6-8-21)29(40)17-28(39)36-20-9-10-25(23(32)15-20)42-26-11-12-34-24-16-27(43-30(24)26)31-35-19-22(38(31)2)18-33-13-14-41-3/h4-12,15-16,19,23,25,33H,13-14,17-18H2,1-3H3,(H,36,39). The average molecular weight is 605 g/mol. The Hall–Kier alpha value is -4.39. The highest BCUT2D eigenvalue weighted by molar-refractivity contribution is 7.22. The van der Waals surface area contributed by atoms with Crippen molar-refractivity contribution in [3.63, 3.8) is 0 Å². The van der Waals surface area contributed by atoms with Crippen LogP contribution in [0.15, 0.2) is 78.8 Å². The van der Waals surface area contributed by atoms with Gasteiger partial charge in [0, 0.05) is 57.9 Å². The number of halogens is 1. The van der Waals surface area contributed by atoms with Gasteiger partial charge in [0.25, 0.3) is 0 Å². The molecule has 2 N–H and O–H groups in total. The Morgan fingerprint density at radius 3 is 2.77 bits per heavy atom. The van der Waals surface area contributed by atoms with E-state index in [4.69, 9.17) is 9.47 Å². The maximum absolute atomic E-state index is 15.2. The molecule has 1 aliphatic carbocycles. The highest BCUT2D eigenvalue weighted by Gasteiger charge is 2.25. The number of methoxy groups -OCH3 is 1. The molecule has 0 fully saturated rings. The number of amides is 2. The van der Waals surface area contributed by atoms with Gasteiger partial charge in [-0.2, -0.15) is 0 Å². The van der Waals surface area contributed by atoms with E-state index in [1.807, 2.05) is 42.1 Å². The molecule has 0 bridgehead atoms. The van der Waals surface area contributed by atoms with Crippen LogP contribution >= 0.6 is 11.3 Å². The molecule has 0 radical (unpaired) electrons. The normalized spacial score (nSPS) is 16.2. The van der Waals surface area contributed by atoms with Crippen LogP contribution in [0.1, 0.15) is 12.1 Å². The summed E-state index contributed by atoms with van der Waals surface area (Å²) in [4.78, 5) is 36.4. The fourth-order valence-electron chi connectivity index (χ4n) is 4.56. The predicted molar refractivity (Wildman–Crippen MR) is 165 cm³/mol. The number of rotatable bonds is 12. The lowest BCUT2D eigenvalue weighted by Gasteiger charge is -2.22. The summed E-state index contributed by atoms with van der Waals surface area (Å²) in [7, 11) is 5.24. The van der Waals surface area contributed by atoms with Gasteiger partial charge in [-0.3, -0.25) is 14.6 Å². The van der Waals surface area contributed by atoms with Gasteiger partial charge in [0.05, 0.1) is 33.6 Å². The molecule has 12 heteroatoms. The third-order valence-electron chi connectivity index (χ3n) is 6.96. The number of thiophene rings is 1. The lowest BCUT2D eigenvalue weighted by Crippen LogP contribution is -2.35. The van der Waals surface area contributed by atoms with Crippen molar-refractivity contribution in [2.24, 2.45) is 7.05 Å². The first-order valence-corrected chi connectivity index (χ1v) is 14.6. The Morgan fingerprint density at radius 2 is 2.00 bits per heavy atom. The first-order chi connectivity index (χ1) is 20.8. The maximum atomic E-state index is 15.2. The summed E-state index contributed by atoms with van der Waals surface area (Å²) in [6.07, 6.45) is 5.09.